The summed E-state index contributed by atoms with van der Waals surface area (Å²) < 4.78 is 2.86. The van der Waals surface area contributed by atoms with Gasteiger partial charge in [0.25, 0.3) is 5.91 Å². The summed E-state index contributed by atoms with van der Waals surface area (Å²) in [6, 6.07) is 11.9. The third-order valence-corrected chi connectivity index (χ3v) is 3.61. The molecule has 1 amide bonds. The maximum absolute atomic E-state index is 12.1. The third-order valence-electron chi connectivity index (χ3n) is 3.18. The lowest BCUT2D eigenvalue weighted by Crippen LogP contribution is -2.27. The van der Waals surface area contributed by atoms with Crippen molar-refractivity contribution >= 4 is 27.5 Å². The fraction of sp³-hybridized carbons (Fsp3) is 0.312. The SMILES string of the molecule is CCn1cc(Br)cc1C(=O)NCCCNc1ccccc1. The number of carbonyl (C=O) groups excluding carboxylic acids is 1. The summed E-state index contributed by atoms with van der Waals surface area (Å²) in [4.78, 5) is 12.1. The first-order valence-electron chi connectivity index (χ1n) is 7.13. The van der Waals surface area contributed by atoms with Gasteiger partial charge in [0.05, 0.1) is 0 Å². The standard InChI is InChI=1S/C16H20BrN3O/c1-2-20-12-13(17)11-15(20)16(21)19-10-6-9-18-14-7-4-3-5-8-14/h3-5,7-8,11-12,18H,2,6,9-10H2,1H3,(H,19,21). The zero-order valence-corrected chi connectivity index (χ0v) is 13.7. The van der Waals surface area contributed by atoms with Gasteiger partial charge in [-0.2, -0.15) is 0 Å². The van der Waals surface area contributed by atoms with Gasteiger partial charge in [-0.15, -0.1) is 0 Å². The van der Waals surface area contributed by atoms with Gasteiger partial charge in [-0.3, -0.25) is 4.79 Å². The van der Waals surface area contributed by atoms with Crippen LogP contribution in [0.5, 0.6) is 0 Å². The minimum absolute atomic E-state index is 0.0257. The van der Waals surface area contributed by atoms with E-state index in [2.05, 4.69) is 26.6 Å². The summed E-state index contributed by atoms with van der Waals surface area (Å²) in [7, 11) is 0. The number of hydrogen-bond donors (Lipinski definition) is 2. The summed E-state index contributed by atoms with van der Waals surface area (Å²) in [6.45, 7) is 4.30. The number of nitrogens with one attached hydrogen (secondary N) is 2. The Morgan fingerprint density at radius 1 is 1.24 bits per heavy atom. The molecule has 2 rings (SSSR count). The lowest BCUT2D eigenvalue weighted by Gasteiger charge is -2.09. The zero-order valence-electron chi connectivity index (χ0n) is 12.1. The van der Waals surface area contributed by atoms with Crippen LogP contribution in [-0.4, -0.2) is 23.6 Å². The second-order valence-electron chi connectivity index (χ2n) is 4.73. The molecule has 0 fully saturated rings. The molecule has 0 bridgehead atoms. The number of carbonyl (C=O) groups is 1. The van der Waals surface area contributed by atoms with Crippen LogP contribution < -0.4 is 10.6 Å². The highest BCUT2D eigenvalue weighted by Crippen LogP contribution is 2.14. The number of para-hydroxylation sites is 1. The third kappa shape index (κ3) is 4.63. The van der Waals surface area contributed by atoms with Gasteiger partial charge in [-0.25, -0.2) is 0 Å². The molecule has 0 saturated carbocycles. The molecular weight excluding hydrogens is 330 g/mol. The van der Waals surface area contributed by atoms with Gasteiger partial charge in [0.1, 0.15) is 5.69 Å². The second-order valence-corrected chi connectivity index (χ2v) is 5.65. The lowest BCUT2D eigenvalue weighted by molar-refractivity contribution is 0.0944. The summed E-state index contributed by atoms with van der Waals surface area (Å²) in [5.74, 6) is -0.0257. The molecule has 112 valence electrons. The van der Waals surface area contributed by atoms with E-state index < -0.39 is 0 Å². The fourth-order valence-corrected chi connectivity index (χ4v) is 2.56. The second kappa shape index (κ2) is 7.88. The molecule has 1 aromatic carbocycles. The smallest absolute Gasteiger partial charge is 0.267 e. The first kappa shape index (κ1) is 15.6. The van der Waals surface area contributed by atoms with E-state index in [0.29, 0.717) is 12.2 Å². The van der Waals surface area contributed by atoms with Crippen molar-refractivity contribution in [3.63, 3.8) is 0 Å². The van der Waals surface area contributed by atoms with E-state index in [9.17, 15) is 4.79 Å². The topological polar surface area (TPSA) is 46.1 Å². The fourth-order valence-electron chi connectivity index (χ4n) is 2.10. The Balaban J connectivity index is 1.72. The van der Waals surface area contributed by atoms with E-state index in [1.165, 1.54) is 0 Å². The van der Waals surface area contributed by atoms with E-state index in [1.807, 2.05) is 54.1 Å². The van der Waals surface area contributed by atoms with E-state index in [-0.39, 0.29) is 5.91 Å². The molecule has 0 aliphatic rings. The Labute approximate surface area is 133 Å². The van der Waals surface area contributed by atoms with Crippen LogP contribution in [0.2, 0.25) is 0 Å². The number of benzene rings is 1. The van der Waals surface area contributed by atoms with E-state index >= 15 is 0 Å². The molecule has 0 atom stereocenters. The molecule has 2 aromatic rings. The largest absolute Gasteiger partial charge is 0.385 e. The first-order valence-corrected chi connectivity index (χ1v) is 7.93. The van der Waals surface area contributed by atoms with Crippen molar-refractivity contribution in [2.75, 3.05) is 18.4 Å². The number of halogens is 1. The first-order chi connectivity index (χ1) is 10.2. The minimum Gasteiger partial charge on any atom is -0.385 e. The van der Waals surface area contributed by atoms with Gasteiger partial charge >= 0.3 is 0 Å². The number of rotatable bonds is 7. The molecule has 0 radical (unpaired) electrons. The molecule has 0 aliphatic carbocycles. The molecular formula is C16H20BrN3O. The number of aromatic nitrogens is 1. The number of aryl methyl sites for hydroxylation is 1. The van der Waals surface area contributed by atoms with Crippen LogP contribution in [0.15, 0.2) is 47.1 Å². The highest BCUT2D eigenvalue weighted by Gasteiger charge is 2.11. The van der Waals surface area contributed by atoms with Crippen molar-refractivity contribution < 1.29 is 4.79 Å². The molecule has 5 heteroatoms. The predicted octanol–water partition coefficient (Wildman–Crippen LogP) is 3.50. The Bertz CT molecular complexity index is 580. The number of amides is 1. The van der Waals surface area contributed by atoms with Crippen LogP contribution in [0.4, 0.5) is 5.69 Å². The van der Waals surface area contributed by atoms with Crippen molar-refractivity contribution in [2.45, 2.75) is 19.9 Å². The lowest BCUT2D eigenvalue weighted by atomic mass is 10.3. The quantitative estimate of drug-likeness (QED) is 0.751. The van der Waals surface area contributed by atoms with Gasteiger partial charge in [0, 0.05) is 36.0 Å². The molecule has 1 aromatic heterocycles. The average molecular weight is 350 g/mol. The Hall–Kier alpha value is -1.75. The summed E-state index contributed by atoms with van der Waals surface area (Å²) in [5, 5.41) is 6.27. The van der Waals surface area contributed by atoms with Gasteiger partial charge in [0.2, 0.25) is 0 Å². The Morgan fingerprint density at radius 2 is 2.00 bits per heavy atom. The summed E-state index contributed by atoms with van der Waals surface area (Å²) >= 11 is 3.40. The van der Waals surface area contributed by atoms with Crippen LogP contribution in [0.25, 0.3) is 0 Å². The van der Waals surface area contributed by atoms with Crippen LogP contribution in [0.1, 0.15) is 23.8 Å². The van der Waals surface area contributed by atoms with Crippen LogP contribution in [0.3, 0.4) is 0 Å². The number of hydrogen-bond acceptors (Lipinski definition) is 2. The normalized spacial score (nSPS) is 10.4. The Kier molecular flexibility index (Phi) is 5.87. The van der Waals surface area contributed by atoms with Gasteiger partial charge in [-0.05, 0) is 47.5 Å². The molecule has 4 nitrogen and oxygen atoms in total. The van der Waals surface area contributed by atoms with Crippen LogP contribution in [-0.2, 0) is 6.54 Å². The molecule has 0 aliphatic heterocycles. The highest BCUT2D eigenvalue weighted by molar-refractivity contribution is 9.10. The maximum atomic E-state index is 12.1. The molecule has 1 heterocycles. The van der Waals surface area contributed by atoms with E-state index in [0.717, 1.165) is 29.7 Å². The number of nitrogens with zero attached hydrogens (tertiary/aromatic N) is 1. The summed E-state index contributed by atoms with van der Waals surface area (Å²) in [6.07, 6.45) is 2.81. The van der Waals surface area contributed by atoms with Crippen molar-refractivity contribution in [1.29, 1.82) is 0 Å². The van der Waals surface area contributed by atoms with Crippen LogP contribution >= 0.6 is 15.9 Å². The van der Waals surface area contributed by atoms with Gasteiger partial charge in [0.15, 0.2) is 0 Å². The zero-order chi connectivity index (χ0) is 15.1. The van der Waals surface area contributed by atoms with E-state index in [1.54, 1.807) is 0 Å². The van der Waals surface area contributed by atoms with Gasteiger partial charge < -0.3 is 15.2 Å². The van der Waals surface area contributed by atoms with Gasteiger partial charge in [-0.1, -0.05) is 18.2 Å². The molecule has 0 saturated heterocycles. The molecule has 2 N–H and O–H groups in total. The summed E-state index contributed by atoms with van der Waals surface area (Å²) in [5.41, 5.74) is 1.80. The molecule has 0 unspecified atom stereocenters. The van der Waals surface area contributed by atoms with Crippen LogP contribution in [0, 0.1) is 0 Å². The molecule has 21 heavy (non-hydrogen) atoms. The van der Waals surface area contributed by atoms with Crippen molar-refractivity contribution in [3.05, 3.63) is 52.8 Å². The Morgan fingerprint density at radius 3 is 2.71 bits per heavy atom. The molecule has 0 spiro atoms. The highest BCUT2D eigenvalue weighted by atomic mass is 79.9. The van der Waals surface area contributed by atoms with E-state index in [4.69, 9.17) is 0 Å². The van der Waals surface area contributed by atoms with Crippen molar-refractivity contribution in [2.24, 2.45) is 0 Å². The predicted molar refractivity (Wildman–Crippen MR) is 89.7 cm³/mol. The van der Waals surface area contributed by atoms with Crippen molar-refractivity contribution in [3.8, 4) is 0 Å². The van der Waals surface area contributed by atoms with Crippen molar-refractivity contribution in [1.82, 2.24) is 9.88 Å². The number of anilines is 1. The minimum atomic E-state index is -0.0257. The monoisotopic (exact) mass is 349 g/mol. The average Bonchev–Trinajstić information content (AvgIpc) is 2.89. The maximum Gasteiger partial charge on any atom is 0.267 e.